The van der Waals surface area contributed by atoms with Crippen LogP contribution in [0, 0.1) is 0 Å². The number of rotatable bonds is 12. The molecular weight excluding hydrogens is 518 g/mol. The van der Waals surface area contributed by atoms with Crippen molar-refractivity contribution >= 4 is 5.97 Å². The molecule has 2 aliphatic rings. The first-order valence-corrected chi connectivity index (χ1v) is 15.0. The fourth-order valence-electron chi connectivity index (χ4n) is 6.59. The maximum absolute atomic E-state index is 12.0. The fraction of sp³-hybridized carbons (Fsp3) is 0.545. The van der Waals surface area contributed by atoms with E-state index in [1.807, 2.05) is 19.2 Å². The van der Waals surface area contributed by atoms with E-state index in [2.05, 4.69) is 29.4 Å². The molecule has 41 heavy (non-hydrogen) atoms. The average Bonchev–Trinajstić information content (AvgIpc) is 3.34. The number of ether oxygens (including phenoxy) is 3. The zero-order valence-electron chi connectivity index (χ0n) is 24.7. The number of aryl methyl sites for hydroxylation is 3. The van der Waals surface area contributed by atoms with Gasteiger partial charge < -0.3 is 19.3 Å². The summed E-state index contributed by atoms with van der Waals surface area (Å²) >= 11 is 0. The Morgan fingerprint density at radius 2 is 1.83 bits per heavy atom. The van der Waals surface area contributed by atoms with Gasteiger partial charge in [-0.05, 0) is 79.8 Å². The molecule has 2 aliphatic carbocycles. The Bertz CT molecular complexity index is 1340. The molecule has 3 aromatic rings. The highest BCUT2D eigenvalue weighted by Crippen LogP contribution is 2.43. The fourth-order valence-corrected chi connectivity index (χ4v) is 6.59. The summed E-state index contributed by atoms with van der Waals surface area (Å²) < 4.78 is 19.7. The SMILES string of the molecule is COc1ccc(C2(OC)CCCCC2)cc1C(CC(=O)O)Cc1cc(OCCc2ccc3c(n2)CCCC3)n(C)n1. The van der Waals surface area contributed by atoms with Crippen molar-refractivity contribution in [3.63, 3.8) is 0 Å². The summed E-state index contributed by atoms with van der Waals surface area (Å²) in [5.41, 5.74) is 6.08. The van der Waals surface area contributed by atoms with E-state index < -0.39 is 5.97 Å². The topological polar surface area (TPSA) is 95.7 Å². The summed E-state index contributed by atoms with van der Waals surface area (Å²) in [5.74, 6) is 0.175. The lowest BCUT2D eigenvalue weighted by molar-refractivity contribution is -0.137. The van der Waals surface area contributed by atoms with Crippen LogP contribution in [0.3, 0.4) is 0 Å². The Balaban J connectivity index is 1.32. The van der Waals surface area contributed by atoms with Gasteiger partial charge in [-0.2, -0.15) is 5.10 Å². The standard InChI is InChI=1S/C33H43N3O5/c1-36-31(41-18-15-26-13-11-23-9-5-6-10-29(23)34-26)22-27(35-36)19-24(20-32(37)38)28-21-25(12-14-30(28)39-2)33(40-3)16-7-4-8-17-33/h11-14,21-22,24H,4-10,15-20H2,1-3H3,(H,37,38). The number of aromatic nitrogens is 3. The molecule has 0 saturated heterocycles. The third kappa shape index (κ3) is 6.75. The van der Waals surface area contributed by atoms with Crippen LogP contribution in [0.5, 0.6) is 11.6 Å². The van der Waals surface area contributed by atoms with E-state index in [1.165, 1.54) is 30.5 Å². The number of aliphatic carboxylic acids is 1. The van der Waals surface area contributed by atoms with Crippen molar-refractivity contribution in [3.05, 3.63) is 70.2 Å². The summed E-state index contributed by atoms with van der Waals surface area (Å²) in [6, 6.07) is 12.4. The molecule has 0 radical (unpaired) electrons. The first-order valence-electron chi connectivity index (χ1n) is 15.0. The van der Waals surface area contributed by atoms with E-state index >= 15 is 0 Å². The number of pyridine rings is 1. The number of fused-ring (bicyclic) bond motifs is 1. The second-order valence-electron chi connectivity index (χ2n) is 11.5. The van der Waals surface area contributed by atoms with Crippen LogP contribution in [0.2, 0.25) is 0 Å². The van der Waals surface area contributed by atoms with Gasteiger partial charge >= 0.3 is 5.97 Å². The molecule has 0 aliphatic heterocycles. The second kappa shape index (κ2) is 13.1. The van der Waals surface area contributed by atoms with Crippen molar-refractivity contribution in [1.82, 2.24) is 14.8 Å². The lowest BCUT2D eigenvalue weighted by Gasteiger charge is -2.37. The van der Waals surface area contributed by atoms with Gasteiger partial charge in [0.25, 0.3) is 0 Å². The van der Waals surface area contributed by atoms with Gasteiger partial charge in [-0.3, -0.25) is 9.78 Å². The minimum absolute atomic E-state index is 0.0312. The van der Waals surface area contributed by atoms with Crippen LogP contribution in [0.4, 0.5) is 0 Å². The lowest BCUT2D eigenvalue weighted by atomic mass is 9.77. The average molecular weight is 562 g/mol. The van der Waals surface area contributed by atoms with Gasteiger partial charge in [-0.25, -0.2) is 4.68 Å². The molecule has 1 aromatic carbocycles. The number of hydrogen-bond acceptors (Lipinski definition) is 6. The van der Waals surface area contributed by atoms with Crippen molar-refractivity contribution in [2.45, 2.75) is 88.6 Å². The van der Waals surface area contributed by atoms with E-state index in [0.717, 1.165) is 67.5 Å². The molecule has 2 heterocycles. The van der Waals surface area contributed by atoms with Crippen LogP contribution in [-0.2, 0) is 47.9 Å². The predicted octanol–water partition coefficient (Wildman–Crippen LogP) is 5.93. The summed E-state index contributed by atoms with van der Waals surface area (Å²) in [5, 5.41) is 14.5. The minimum atomic E-state index is -0.855. The lowest BCUT2D eigenvalue weighted by Crippen LogP contribution is -2.31. The van der Waals surface area contributed by atoms with Crippen LogP contribution < -0.4 is 9.47 Å². The van der Waals surface area contributed by atoms with Crippen LogP contribution in [-0.4, -0.2) is 46.7 Å². The Hall–Kier alpha value is -3.39. The van der Waals surface area contributed by atoms with Gasteiger partial charge in [0.2, 0.25) is 5.88 Å². The number of methoxy groups -OCH3 is 2. The molecule has 0 bridgehead atoms. The zero-order valence-corrected chi connectivity index (χ0v) is 24.7. The van der Waals surface area contributed by atoms with E-state index in [4.69, 9.17) is 19.2 Å². The third-order valence-corrected chi connectivity index (χ3v) is 8.86. The number of carboxylic acid groups (broad SMARTS) is 1. The Kier molecular flexibility index (Phi) is 9.28. The molecule has 0 amide bonds. The van der Waals surface area contributed by atoms with Gasteiger partial charge in [0, 0.05) is 44.0 Å². The normalized spacial score (nSPS) is 17.0. The van der Waals surface area contributed by atoms with Gasteiger partial charge in [0.05, 0.1) is 31.4 Å². The molecule has 1 atom stereocenters. The Morgan fingerprint density at radius 3 is 2.59 bits per heavy atom. The zero-order chi connectivity index (χ0) is 28.8. The maximum atomic E-state index is 12.0. The van der Waals surface area contributed by atoms with Crippen molar-refractivity contribution in [3.8, 4) is 11.6 Å². The Labute approximate surface area is 243 Å². The molecule has 220 valence electrons. The van der Waals surface area contributed by atoms with Crippen molar-refractivity contribution in [2.24, 2.45) is 7.05 Å². The highest BCUT2D eigenvalue weighted by Gasteiger charge is 2.35. The number of hydrogen-bond donors (Lipinski definition) is 1. The largest absolute Gasteiger partial charge is 0.496 e. The van der Waals surface area contributed by atoms with Crippen LogP contribution in [0.15, 0.2) is 36.4 Å². The molecule has 2 aromatic heterocycles. The molecular formula is C33H43N3O5. The number of carbonyl (C=O) groups is 1. The summed E-state index contributed by atoms with van der Waals surface area (Å²) in [4.78, 5) is 16.9. The highest BCUT2D eigenvalue weighted by molar-refractivity contribution is 5.68. The predicted molar refractivity (Wildman–Crippen MR) is 157 cm³/mol. The first-order chi connectivity index (χ1) is 19.9. The molecule has 0 spiro atoms. The van der Waals surface area contributed by atoms with Crippen molar-refractivity contribution < 1.29 is 24.1 Å². The van der Waals surface area contributed by atoms with Crippen molar-refractivity contribution in [2.75, 3.05) is 20.8 Å². The maximum Gasteiger partial charge on any atom is 0.303 e. The van der Waals surface area contributed by atoms with Crippen LogP contribution in [0.25, 0.3) is 0 Å². The quantitative estimate of drug-likeness (QED) is 0.293. The highest BCUT2D eigenvalue weighted by atomic mass is 16.5. The van der Waals surface area contributed by atoms with E-state index in [9.17, 15) is 9.90 Å². The monoisotopic (exact) mass is 561 g/mol. The third-order valence-electron chi connectivity index (χ3n) is 8.86. The summed E-state index contributed by atoms with van der Waals surface area (Å²) in [6.07, 6.45) is 11.2. The van der Waals surface area contributed by atoms with Gasteiger partial charge in [-0.1, -0.05) is 31.4 Å². The molecule has 1 N–H and O–H groups in total. The smallest absolute Gasteiger partial charge is 0.303 e. The van der Waals surface area contributed by atoms with E-state index in [-0.39, 0.29) is 17.9 Å². The molecule has 1 fully saturated rings. The number of carboxylic acids is 1. The minimum Gasteiger partial charge on any atom is -0.496 e. The molecule has 8 heteroatoms. The molecule has 1 unspecified atom stereocenters. The van der Waals surface area contributed by atoms with E-state index in [0.29, 0.717) is 24.7 Å². The van der Waals surface area contributed by atoms with E-state index in [1.54, 1.807) is 18.9 Å². The number of benzene rings is 1. The first kappa shape index (κ1) is 29.1. The second-order valence-corrected chi connectivity index (χ2v) is 11.5. The Morgan fingerprint density at radius 1 is 1.02 bits per heavy atom. The summed E-state index contributed by atoms with van der Waals surface area (Å²) in [7, 11) is 5.27. The van der Waals surface area contributed by atoms with Gasteiger partial charge in [-0.15, -0.1) is 0 Å². The molecule has 8 nitrogen and oxygen atoms in total. The van der Waals surface area contributed by atoms with Gasteiger partial charge in [0.15, 0.2) is 0 Å². The van der Waals surface area contributed by atoms with Gasteiger partial charge in [0.1, 0.15) is 5.75 Å². The summed E-state index contributed by atoms with van der Waals surface area (Å²) in [6.45, 7) is 0.498. The molecule has 5 rings (SSSR count). The van der Waals surface area contributed by atoms with Crippen LogP contribution >= 0.6 is 0 Å². The molecule has 1 saturated carbocycles. The number of nitrogens with zero attached hydrogens (tertiary/aromatic N) is 3. The van der Waals surface area contributed by atoms with Crippen molar-refractivity contribution in [1.29, 1.82) is 0 Å². The van der Waals surface area contributed by atoms with Crippen LogP contribution in [0.1, 0.15) is 91.1 Å².